The summed E-state index contributed by atoms with van der Waals surface area (Å²) in [6.45, 7) is 1.74. The topological polar surface area (TPSA) is 97.3 Å². The van der Waals surface area contributed by atoms with Gasteiger partial charge in [-0.05, 0) is 43.0 Å². The minimum absolute atomic E-state index is 0.0746. The van der Waals surface area contributed by atoms with Gasteiger partial charge < -0.3 is 14.6 Å². The molecule has 0 aliphatic heterocycles. The third-order valence-electron chi connectivity index (χ3n) is 2.71. The van der Waals surface area contributed by atoms with Crippen LogP contribution in [0, 0.1) is 6.92 Å². The molecule has 2 aromatic rings. The molecule has 0 bridgehead atoms. The zero-order chi connectivity index (χ0) is 16.1. The monoisotopic (exact) mass is 321 g/mol. The number of aliphatic carboxylic acids is 1. The molecule has 2 N–H and O–H groups in total. The number of ether oxygens (including phenoxy) is 2. The number of carboxylic acid groups (broad SMARTS) is 1. The van der Waals surface area contributed by atoms with Gasteiger partial charge in [0.1, 0.15) is 22.2 Å². The van der Waals surface area contributed by atoms with Gasteiger partial charge in [0, 0.05) is 5.56 Å². The summed E-state index contributed by atoms with van der Waals surface area (Å²) in [7, 11) is 3.06. The highest BCUT2D eigenvalue weighted by atomic mass is 32.2. The fourth-order valence-corrected chi connectivity index (χ4v) is 2.44. The minimum atomic E-state index is -1.07. The number of carbonyl (C=O) groups is 1. The van der Waals surface area contributed by atoms with Crippen molar-refractivity contribution in [2.45, 2.75) is 12.1 Å². The SMILES string of the molecule is COc1ccc(OC)c(C=C(Sc2n[nH]c(C)n2)C(=O)O)c1. The third kappa shape index (κ3) is 3.79. The van der Waals surface area contributed by atoms with E-state index in [1.807, 2.05) is 0 Å². The van der Waals surface area contributed by atoms with Crippen LogP contribution in [-0.2, 0) is 4.79 Å². The summed E-state index contributed by atoms with van der Waals surface area (Å²) in [4.78, 5) is 15.6. The Kier molecular flexibility index (Phi) is 5.05. The number of aryl methyl sites for hydroxylation is 1. The number of aromatic amines is 1. The van der Waals surface area contributed by atoms with Gasteiger partial charge >= 0.3 is 5.97 Å². The maximum Gasteiger partial charge on any atom is 0.342 e. The Balaban J connectivity index is 2.39. The first-order valence-corrected chi connectivity index (χ1v) is 7.09. The molecule has 116 valence electrons. The lowest BCUT2D eigenvalue weighted by Crippen LogP contribution is -1.98. The van der Waals surface area contributed by atoms with Crippen molar-refractivity contribution >= 4 is 23.8 Å². The molecule has 1 aromatic heterocycles. The number of nitrogens with zero attached hydrogens (tertiary/aromatic N) is 2. The van der Waals surface area contributed by atoms with E-state index in [0.717, 1.165) is 11.8 Å². The molecule has 2 rings (SSSR count). The van der Waals surface area contributed by atoms with Gasteiger partial charge in [0.25, 0.3) is 0 Å². The molecule has 0 radical (unpaired) electrons. The van der Waals surface area contributed by atoms with Crippen molar-refractivity contribution in [2.75, 3.05) is 14.2 Å². The van der Waals surface area contributed by atoms with Crippen LogP contribution in [0.5, 0.6) is 11.5 Å². The van der Waals surface area contributed by atoms with Gasteiger partial charge in [-0.15, -0.1) is 5.10 Å². The summed E-state index contributed by atoms with van der Waals surface area (Å²) in [5.41, 5.74) is 0.596. The predicted molar refractivity (Wildman–Crippen MR) is 82.1 cm³/mol. The first-order chi connectivity index (χ1) is 10.5. The molecule has 0 aliphatic rings. The van der Waals surface area contributed by atoms with Crippen LogP contribution in [-0.4, -0.2) is 40.5 Å². The molecule has 1 aromatic carbocycles. The number of methoxy groups -OCH3 is 2. The quantitative estimate of drug-likeness (QED) is 0.622. The lowest BCUT2D eigenvalue weighted by molar-refractivity contribution is -0.131. The zero-order valence-corrected chi connectivity index (χ0v) is 13.1. The first kappa shape index (κ1) is 15.9. The van der Waals surface area contributed by atoms with E-state index in [-0.39, 0.29) is 4.91 Å². The smallest absolute Gasteiger partial charge is 0.342 e. The lowest BCUT2D eigenvalue weighted by Gasteiger charge is -2.08. The normalized spacial score (nSPS) is 11.3. The van der Waals surface area contributed by atoms with Crippen LogP contribution >= 0.6 is 11.8 Å². The van der Waals surface area contributed by atoms with E-state index in [0.29, 0.717) is 28.0 Å². The van der Waals surface area contributed by atoms with Gasteiger partial charge in [-0.25, -0.2) is 9.78 Å². The summed E-state index contributed by atoms with van der Waals surface area (Å²) in [5.74, 6) is 0.699. The van der Waals surface area contributed by atoms with Crippen LogP contribution in [0.4, 0.5) is 0 Å². The van der Waals surface area contributed by atoms with E-state index in [9.17, 15) is 9.90 Å². The molecule has 8 heteroatoms. The second-order valence-corrected chi connectivity index (χ2v) is 5.24. The summed E-state index contributed by atoms with van der Waals surface area (Å²) in [5, 5.41) is 16.3. The number of nitrogens with one attached hydrogen (secondary N) is 1. The highest BCUT2D eigenvalue weighted by Gasteiger charge is 2.14. The molecule has 0 amide bonds. The van der Waals surface area contributed by atoms with Crippen molar-refractivity contribution in [1.82, 2.24) is 15.2 Å². The number of rotatable bonds is 6. The Morgan fingerprint density at radius 1 is 1.36 bits per heavy atom. The maximum absolute atomic E-state index is 11.4. The summed E-state index contributed by atoms with van der Waals surface area (Å²) in [6.07, 6.45) is 1.50. The molecular formula is C14H15N3O4S. The van der Waals surface area contributed by atoms with Crippen LogP contribution in [0.25, 0.3) is 6.08 Å². The molecule has 22 heavy (non-hydrogen) atoms. The fraction of sp³-hybridized carbons (Fsp3) is 0.214. The summed E-state index contributed by atoms with van der Waals surface area (Å²) < 4.78 is 10.4. The largest absolute Gasteiger partial charge is 0.497 e. The van der Waals surface area contributed by atoms with Gasteiger partial charge in [-0.1, -0.05) is 0 Å². The summed E-state index contributed by atoms with van der Waals surface area (Å²) >= 11 is 0.957. The second kappa shape index (κ2) is 6.99. The van der Waals surface area contributed by atoms with Gasteiger partial charge in [-0.2, -0.15) is 0 Å². The Morgan fingerprint density at radius 2 is 2.14 bits per heavy atom. The number of H-pyrrole nitrogens is 1. The Bertz CT molecular complexity index is 712. The third-order valence-corrected chi connectivity index (χ3v) is 3.59. The fourth-order valence-electron chi connectivity index (χ4n) is 1.69. The molecule has 1 heterocycles. The van der Waals surface area contributed by atoms with Crippen LogP contribution in [0.2, 0.25) is 0 Å². The van der Waals surface area contributed by atoms with Gasteiger partial charge in [0.15, 0.2) is 0 Å². The van der Waals surface area contributed by atoms with Crippen molar-refractivity contribution in [1.29, 1.82) is 0 Å². The number of aromatic nitrogens is 3. The van der Waals surface area contributed by atoms with Crippen molar-refractivity contribution in [2.24, 2.45) is 0 Å². The number of hydrogen-bond donors (Lipinski definition) is 2. The van der Waals surface area contributed by atoms with E-state index < -0.39 is 5.97 Å². The average molecular weight is 321 g/mol. The van der Waals surface area contributed by atoms with Crippen molar-refractivity contribution in [3.63, 3.8) is 0 Å². The second-order valence-electron chi connectivity index (χ2n) is 4.23. The molecule has 0 saturated heterocycles. The number of benzene rings is 1. The molecule has 7 nitrogen and oxygen atoms in total. The molecule has 0 atom stereocenters. The van der Waals surface area contributed by atoms with E-state index in [1.54, 1.807) is 32.2 Å². The summed E-state index contributed by atoms with van der Waals surface area (Å²) in [6, 6.07) is 5.15. The van der Waals surface area contributed by atoms with Crippen molar-refractivity contribution in [3.8, 4) is 11.5 Å². The van der Waals surface area contributed by atoms with Gasteiger partial charge in [0.2, 0.25) is 5.16 Å². The highest BCUT2D eigenvalue weighted by Crippen LogP contribution is 2.31. The van der Waals surface area contributed by atoms with Crippen LogP contribution < -0.4 is 9.47 Å². The standard InChI is InChI=1S/C14H15N3O4S/c1-8-15-14(17-16-8)22-12(13(18)19)7-9-6-10(20-2)4-5-11(9)21-3/h4-7H,1-3H3,(H,18,19)(H,15,16,17). The Hall–Kier alpha value is -2.48. The molecular weight excluding hydrogens is 306 g/mol. The number of thioether (sulfide) groups is 1. The molecule has 0 fully saturated rings. The van der Waals surface area contributed by atoms with E-state index in [4.69, 9.17) is 9.47 Å². The van der Waals surface area contributed by atoms with Gasteiger partial charge in [-0.3, -0.25) is 5.10 Å². The van der Waals surface area contributed by atoms with Crippen molar-refractivity contribution < 1.29 is 19.4 Å². The van der Waals surface area contributed by atoms with E-state index in [1.165, 1.54) is 13.2 Å². The zero-order valence-electron chi connectivity index (χ0n) is 12.3. The maximum atomic E-state index is 11.4. The van der Waals surface area contributed by atoms with E-state index in [2.05, 4.69) is 15.2 Å². The molecule has 0 spiro atoms. The number of hydrogen-bond acceptors (Lipinski definition) is 6. The Labute approximate surface area is 131 Å². The average Bonchev–Trinajstić information content (AvgIpc) is 2.91. The van der Waals surface area contributed by atoms with Crippen molar-refractivity contribution in [3.05, 3.63) is 34.5 Å². The number of carboxylic acids is 1. The first-order valence-electron chi connectivity index (χ1n) is 6.27. The van der Waals surface area contributed by atoms with E-state index >= 15 is 0 Å². The minimum Gasteiger partial charge on any atom is -0.497 e. The highest BCUT2D eigenvalue weighted by molar-refractivity contribution is 8.04. The molecule has 0 aliphatic carbocycles. The van der Waals surface area contributed by atoms with Crippen LogP contribution in [0.1, 0.15) is 11.4 Å². The Morgan fingerprint density at radius 3 is 2.68 bits per heavy atom. The van der Waals surface area contributed by atoms with Gasteiger partial charge in [0.05, 0.1) is 14.2 Å². The van der Waals surface area contributed by atoms with Crippen LogP contribution in [0.3, 0.4) is 0 Å². The lowest BCUT2D eigenvalue weighted by atomic mass is 10.1. The molecule has 0 saturated carbocycles. The molecule has 0 unspecified atom stereocenters. The van der Waals surface area contributed by atoms with Crippen LogP contribution in [0.15, 0.2) is 28.3 Å². The predicted octanol–water partition coefficient (Wildman–Crippen LogP) is 2.35.